The molecule has 2 heterocycles. The molecule has 26 heavy (non-hydrogen) atoms. The molecule has 1 amide bonds. The van der Waals surface area contributed by atoms with E-state index < -0.39 is 5.91 Å². The van der Waals surface area contributed by atoms with Gasteiger partial charge in [0.1, 0.15) is 11.6 Å². The number of nitrogens with one attached hydrogen (secondary N) is 1. The zero-order chi connectivity index (χ0) is 17.9. The van der Waals surface area contributed by atoms with Crippen molar-refractivity contribution in [2.45, 2.75) is 0 Å². The molecule has 0 bridgehead atoms. The summed E-state index contributed by atoms with van der Waals surface area (Å²) in [5, 5.41) is 12.0. The second-order valence-corrected chi connectivity index (χ2v) is 5.48. The monoisotopic (exact) mass is 344 g/mol. The van der Waals surface area contributed by atoms with Crippen LogP contribution in [0.5, 0.6) is 11.5 Å². The number of hydrogen-bond acceptors (Lipinski definition) is 6. The molecule has 1 aliphatic heterocycles. The van der Waals surface area contributed by atoms with E-state index in [2.05, 4.69) is 15.3 Å². The molecular formula is C19H12N4O3. The summed E-state index contributed by atoms with van der Waals surface area (Å²) in [5.41, 5.74) is 2.29. The van der Waals surface area contributed by atoms with Crippen LogP contribution in [0.15, 0.2) is 54.2 Å². The topological polar surface area (TPSA) is 97.1 Å². The van der Waals surface area contributed by atoms with Crippen LogP contribution in [0.2, 0.25) is 0 Å². The van der Waals surface area contributed by atoms with Crippen LogP contribution in [0, 0.1) is 11.3 Å². The summed E-state index contributed by atoms with van der Waals surface area (Å²) in [6, 6.07) is 14.3. The highest BCUT2D eigenvalue weighted by Gasteiger charge is 2.15. The highest BCUT2D eigenvalue weighted by atomic mass is 16.7. The minimum Gasteiger partial charge on any atom is -0.454 e. The number of amides is 1. The molecule has 1 N–H and O–H groups in total. The molecule has 7 heteroatoms. The number of carbonyl (C=O) groups excluding carboxylic acids is 1. The Morgan fingerprint density at radius 3 is 2.81 bits per heavy atom. The van der Waals surface area contributed by atoms with E-state index in [9.17, 15) is 10.1 Å². The van der Waals surface area contributed by atoms with Gasteiger partial charge in [-0.2, -0.15) is 5.26 Å². The van der Waals surface area contributed by atoms with Crippen molar-refractivity contribution in [1.82, 2.24) is 9.97 Å². The van der Waals surface area contributed by atoms with Crippen molar-refractivity contribution in [2.24, 2.45) is 0 Å². The minimum atomic E-state index is -0.540. The van der Waals surface area contributed by atoms with Crippen molar-refractivity contribution in [3.05, 3.63) is 59.9 Å². The number of hydrogen-bond donors (Lipinski definition) is 1. The molecule has 1 aliphatic rings. The summed E-state index contributed by atoms with van der Waals surface area (Å²) >= 11 is 0. The molecule has 0 atom stereocenters. The number of nitrogens with zero attached hydrogens (tertiary/aromatic N) is 3. The Morgan fingerprint density at radius 2 is 1.96 bits per heavy atom. The standard InChI is InChI=1S/C19H12N4O3/c20-9-12(7-14-10-21-15-3-1-2-4-16(15)22-14)19(24)23-13-5-6-17-18(8-13)26-11-25-17/h1-8,10H,11H2,(H,23,24). The van der Waals surface area contributed by atoms with Crippen molar-refractivity contribution in [1.29, 1.82) is 5.26 Å². The molecule has 0 radical (unpaired) electrons. The Hall–Kier alpha value is -3.92. The van der Waals surface area contributed by atoms with Crippen LogP contribution in [0.4, 0.5) is 5.69 Å². The lowest BCUT2D eigenvalue weighted by molar-refractivity contribution is -0.112. The fraction of sp³-hybridized carbons (Fsp3) is 0.0526. The van der Waals surface area contributed by atoms with E-state index in [1.54, 1.807) is 18.2 Å². The van der Waals surface area contributed by atoms with Gasteiger partial charge in [-0.1, -0.05) is 12.1 Å². The van der Waals surface area contributed by atoms with Gasteiger partial charge in [0.15, 0.2) is 11.5 Å². The predicted molar refractivity (Wildman–Crippen MR) is 94.3 cm³/mol. The lowest BCUT2D eigenvalue weighted by Gasteiger charge is -2.05. The zero-order valence-corrected chi connectivity index (χ0v) is 13.5. The summed E-state index contributed by atoms with van der Waals surface area (Å²) in [5.74, 6) is 0.623. The number of ether oxygens (including phenoxy) is 2. The van der Waals surface area contributed by atoms with Crippen LogP contribution in [0.3, 0.4) is 0 Å². The summed E-state index contributed by atoms with van der Waals surface area (Å²) in [4.78, 5) is 21.1. The van der Waals surface area contributed by atoms with Crippen LogP contribution >= 0.6 is 0 Å². The van der Waals surface area contributed by atoms with E-state index in [-0.39, 0.29) is 12.4 Å². The van der Waals surface area contributed by atoms with E-state index >= 15 is 0 Å². The predicted octanol–water partition coefficient (Wildman–Crippen LogP) is 2.90. The Bertz CT molecular complexity index is 1090. The first-order chi connectivity index (χ1) is 12.7. The SMILES string of the molecule is N#CC(=Cc1cnc2ccccc2n1)C(=O)Nc1ccc2c(c1)OCO2. The molecule has 2 aromatic carbocycles. The molecule has 1 aromatic heterocycles. The molecule has 0 spiro atoms. The first kappa shape index (κ1) is 15.6. The number of fused-ring (bicyclic) bond motifs is 2. The van der Waals surface area contributed by atoms with Gasteiger partial charge >= 0.3 is 0 Å². The van der Waals surface area contributed by atoms with Crippen molar-refractivity contribution < 1.29 is 14.3 Å². The van der Waals surface area contributed by atoms with Gasteiger partial charge in [-0.05, 0) is 30.3 Å². The molecule has 7 nitrogen and oxygen atoms in total. The van der Waals surface area contributed by atoms with Gasteiger partial charge in [-0.15, -0.1) is 0 Å². The Morgan fingerprint density at radius 1 is 1.15 bits per heavy atom. The van der Waals surface area contributed by atoms with Crippen molar-refractivity contribution in [3.63, 3.8) is 0 Å². The van der Waals surface area contributed by atoms with Crippen molar-refractivity contribution in [3.8, 4) is 17.6 Å². The first-order valence-corrected chi connectivity index (χ1v) is 7.77. The van der Waals surface area contributed by atoms with Gasteiger partial charge in [0, 0.05) is 11.8 Å². The smallest absolute Gasteiger partial charge is 0.266 e. The van der Waals surface area contributed by atoms with Gasteiger partial charge in [0.2, 0.25) is 6.79 Å². The molecule has 3 aromatic rings. The molecule has 0 fully saturated rings. The normalized spacial score (nSPS) is 12.7. The van der Waals surface area contributed by atoms with Crippen LogP contribution in [-0.2, 0) is 4.79 Å². The third-order valence-electron chi connectivity index (χ3n) is 3.75. The van der Waals surface area contributed by atoms with E-state index in [0.29, 0.717) is 28.4 Å². The third-order valence-corrected chi connectivity index (χ3v) is 3.75. The third kappa shape index (κ3) is 3.03. The highest BCUT2D eigenvalue weighted by molar-refractivity contribution is 6.09. The summed E-state index contributed by atoms with van der Waals surface area (Å²) in [6.45, 7) is 0.150. The Balaban J connectivity index is 1.58. The van der Waals surface area contributed by atoms with Gasteiger partial charge in [0.05, 0.1) is 22.9 Å². The number of benzene rings is 2. The fourth-order valence-corrected chi connectivity index (χ4v) is 2.51. The first-order valence-electron chi connectivity index (χ1n) is 7.77. The van der Waals surface area contributed by atoms with Gasteiger partial charge in [-0.25, -0.2) is 4.98 Å². The Labute approximate surface area is 148 Å². The number of para-hydroxylation sites is 2. The number of carbonyl (C=O) groups is 1. The van der Waals surface area contributed by atoms with Crippen LogP contribution in [0.25, 0.3) is 17.1 Å². The van der Waals surface area contributed by atoms with E-state index in [4.69, 9.17) is 9.47 Å². The largest absolute Gasteiger partial charge is 0.454 e. The molecule has 0 saturated heterocycles. The lowest BCUT2D eigenvalue weighted by Crippen LogP contribution is -2.13. The minimum absolute atomic E-state index is 0.0766. The number of rotatable bonds is 3. The van der Waals surface area contributed by atoms with E-state index in [1.165, 1.54) is 12.3 Å². The van der Waals surface area contributed by atoms with Gasteiger partial charge in [-0.3, -0.25) is 9.78 Å². The van der Waals surface area contributed by atoms with E-state index in [0.717, 1.165) is 5.52 Å². The average Bonchev–Trinajstić information content (AvgIpc) is 3.13. The lowest BCUT2D eigenvalue weighted by atomic mass is 10.2. The van der Waals surface area contributed by atoms with E-state index in [1.807, 2.05) is 30.3 Å². The average molecular weight is 344 g/mol. The second kappa shape index (κ2) is 6.53. The molecule has 0 unspecified atom stereocenters. The fourth-order valence-electron chi connectivity index (χ4n) is 2.51. The van der Waals surface area contributed by atoms with Gasteiger partial charge in [0.25, 0.3) is 5.91 Å². The maximum Gasteiger partial charge on any atom is 0.266 e. The number of anilines is 1. The quantitative estimate of drug-likeness (QED) is 0.579. The molecule has 0 aliphatic carbocycles. The maximum absolute atomic E-state index is 12.4. The second-order valence-electron chi connectivity index (χ2n) is 5.48. The Kier molecular flexibility index (Phi) is 3.92. The summed E-state index contributed by atoms with van der Waals surface area (Å²) < 4.78 is 10.5. The molecule has 0 saturated carbocycles. The van der Waals surface area contributed by atoms with Crippen molar-refractivity contribution >= 4 is 28.7 Å². The molecule has 4 rings (SSSR count). The number of aromatic nitrogens is 2. The van der Waals surface area contributed by atoms with Crippen molar-refractivity contribution in [2.75, 3.05) is 12.1 Å². The summed E-state index contributed by atoms with van der Waals surface area (Å²) in [6.07, 6.45) is 2.93. The molecule has 126 valence electrons. The molecular weight excluding hydrogens is 332 g/mol. The number of nitriles is 1. The highest BCUT2D eigenvalue weighted by Crippen LogP contribution is 2.34. The maximum atomic E-state index is 12.4. The van der Waals surface area contributed by atoms with Crippen LogP contribution < -0.4 is 14.8 Å². The van der Waals surface area contributed by atoms with Crippen LogP contribution in [-0.4, -0.2) is 22.7 Å². The van der Waals surface area contributed by atoms with Crippen LogP contribution in [0.1, 0.15) is 5.69 Å². The summed E-state index contributed by atoms with van der Waals surface area (Å²) in [7, 11) is 0. The van der Waals surface area contributed by atoms with Gasteiger partial charge < -0.3 is 14.8 Å². The zero-order valence-electron chi connectivity index (χ0n) is 13.5.